The monoisotopic (exact) mass is 299 g/mol. The number of aromatic nitrogens is 4. The zero-order chi connectivity index (χ0) is 14.8. The van der Waals surface area contributed by atoms with E-state index in [4.69, 9.17) is 5.26 Å². The predicted molar refractivity (Wildman–Crippen MR) is 64.6 cm³/mol. The summed E-state index contributed by atoms with van der Waals surface area (Å²) in [7, 11) is 0. The number of hydrogen-bond donors (Lipinski definition) is 1. The summed E-state index contributed by atoms with van der Waals surface area (Å²) < 4.78 is 37.8. The minimum Gasteiger partial charge on any atom is -0.263 e. The van der Waals surface area contributed by atoms with Crippen molar-refractivity contribution in [1.29, 1.82) is 5.26 Å². The fourth-order valence-corrected chi connectivity index (χ4v) is 2.21. The Morgan fingerprint density at radius 2 is 2.10 bits per heavy atom. The molecule has 0 saturated carbocycles. The van der Waals surface area contributed by atoms with Crippen LogP contribution >= 0.6 is 11.8 Å². The molecule has 0 radical (unpaired) electrons. The van der Waals surface area contributed by atoms with E-state index in [1.54, 1.807) is 6.92 Å². The van der Waals surface area contributed by atoms with Crippen LogP contribution in [-0.4, -0.2) is 20.2 Å². The number of nitriles is 1. The van der Waals surface area contributed by atoms with Gasteiger partial charge in [0.15, 0.2) is 5.82 Å². The molecule has 20 heavy (non-hydrogen) atoms. The molecule has 0 spiro atoms. The summed E-state index contributed by atoms with van der Waals surface area (Å²) in [5.74, 6) is 1.28. The molecule has 0 aliphatic heterocycles. The van der Waals surface area contributed by atoms with Crippen molar-refractivity contribution >= 4 is 11.8 Å². The highest BCUT2D eigenvalue weighted by molar-refractivity contribution is 7.98. The van der Waals surface area contributed by atoms with E-state index in [-0.39, 0.29) is 16.3 Å². The lowest BCUT2D eigenvalue weighted by molar-refractivity contribution is -0.141. The van der Waals surface area contributed by atoms with Crippen molar-refractivity contribution in [2.75, 3.05) is 0 Å². The van der Waals surface area contributed by atoms with Crippen LogP contribution in [0.15, 0.2) is 17.2 Å². The molecule has 0 atom stereocenters. The van der Waals surface area contributed by atoms with Crippen LogP contribution in [0.3, 0.4) is 0 Å². The molecule has 5 nitrogen and oxygen atoms in total. The number of aryl methyl sites for hydroxylation is 1. The van der Waals surface area contributed by atoms with Gasteiger partial charge in [0.25, 0.3) is 0 Å². The van der Waals surface area contributed by atoms with E-state index >= 15 is 0 Å². The summed E-state index contributed by atoms with van der Waals surface area (Å²) in [6, 6.07) is 3.72. The average Bonchev–Trinajstić information content (AvgIpc) is 2.80. The van der Waals surface area contributed by atoms with Crippen LogP contribution in [0.1, 0.15) is 22.9 Å². The summed E-state index contributed by atoms with van der Waals surface area (Å²) in [5, 5.41) is 15.4. The third-order valence-corrected chi connectivity index (χ3v) is 3.24. The Bertz CT molecular complexity index is 659. The zero-order valence-electron chi connectivity index (χ0n) is 10.2. The highest BCUT2D eigenvalue weighted by atomic mass is 32.2. The molecule has 2 aromatic rings. The van der Waals surface area contributed by atoms with Crippen LogP contribution in [0.5, 0.6) is 0 Å². The Morgan fingerprint density at radius 1 is 1.35 bits per heavy atom. The molecule has 0 aliphatic carbocycles. The van der Waals surface area contributed by atoms with Gasteiger partial charge >= 0.3 is 6.18 Å². The van der Waals surface area contributed by atoms with Gasteiger partial charge in [-0.3, -0.25) is 5.10 Å². The van der Waals surface area contributed by atoms with Crippen LogP contribution in [0.2, 0.25) is 0 Å². The molecular weight excluding hydrogens is 291 g/mol. The standard InChI is InChI=1S/C11H8F3N5S/c1-6-16-9(19-18-6)5-20-10-7(4-15)2-3-8(17-10)11(12,13)14/h2-3H,5H2,1H3,(H,16,18,19). The Hall–Kier alpha value is -2.08. The number of nitrogens with one attached hydrogen (secondary N) is 1. The quantitative estimate of drug-likeness (QED) is 0.882. The number of alkyl halides is 3. The van der Waals surface area contributed by atoms with Crippen molar-refractivity contribution < 1.29 is 13.2 Å². The highest BCUT2D eigenvalue weighted by Gasteiger charge is 2.33. The Kier molecular flexibility index (Phi) is 3.94. The third-order valence-electron chi connectivity index (χ3n) is 2.25. The second kappa shape index (κ2) is 5.50. The van der Waals surface area contributed by atoms with Crippen molar-refractivity contribution in [3.05, 3.63) is 35.0 Å². The first kappa shape index (κ1) is 14.3. The smallest absolute Gasteiger partial charge is 0.263 e. The lowest BCUT2D eigenvalue weighted by atomic mass is 10.2. The number of H-pyrrole nitrogens is 1. The largest absolute Gasteiger partial charge is 0.433 e. The highest BCUT2D eigenvalue weighted by Crippen LogP contribution is 2.31. The Balaban J connectivity index is 2.23. The van der Waals surface area contributed by atoms with Gasteiger partial charge in [-0.1, -0.05) is 11.8 Å². The van der Waals surface area contributed by atoms with Gasteiger partial charge in [-0.05, 0) is 19.1 Å². The number of halogens is 3. The van der Waals surface area contributed by atoms with Gasteiger partial charge in [0.1, 0.15) is 22.6 Å². The summed E-state index contributed by atoms with van der Waals surface area (Å²) in [4.78, 5) is 7.52. The molecule has 0 saturated heterocycles. The first-order valence-electron chi connectivity index (χ1n) is 5.39. The fraction of sp³-hybridized carbons (Fsp3) is 0.273. The molecule has 2 heterocycles. The molecule has 104 valence electrons. The number of hydrogen-bond acceptors (Lipinski definition) is 5. The van der Waals surface area contributed by atoms with E-state index in [9.17, 15) is 13.2 Å². The number of rotatable bonds is 3. The maximum Gasteiger partial charge on any atom is 0.433 e. The summed E-state index contributed by atoms with van der Waals surface area (Å²) in [5.41, 5.74) is -0.930. The van der Waals surface area contributed by atoms with Crippen molar-refractivity contribution in [1.82, 2.24) is 20.2 Å². The summed E-state index contributed by atoms with van der Waals surface area (Å²) in [6.07, 6.45) is -4.54. The Labute approximate surface area is 116 Å². The van der Waals surface area contributed by atoms with Crippen LogP contribution in [0.4, 0.5) is 13.2 Å². The third kappa shape index (κ3) is 3.27. The van der Waals surface area contributed by atoms with E-state index in [1.807, 2.05) is 6.07 Å². The van der Waals surface area contributed by atoms with Crippen molar-refractivity contribution in [3.63, 3.8) is 0 Å². The lowest BCUT2D eigenvalue weighted by Crippen LogP contribution is -2.08. The fourth-order valence-electron chi connectivity index (χ4n) is 1.38. The van der Waals surface area contributed by atoms with Crippen molar-refractivity contribution in [3.8, 4) is 6.07 Å². The number of aromatic amines is 1. The second-order valence-corrected chi connectivity index (χ2v) is 4.75. The molecule has 1 N–H and O–H groups in total. The zero-order valence-corrected chi connectivity index (χ0v) is 11.0. The van der Waals surface area contributed by atoms with Gasteiger partial charge in [0.2, 0.25) is 0 Å². The predicted octanol–water partition coefficient (Wildman–Crippen LogP) is 2.69. The molecule has 0 bridgehead atoms. The SMILES string of the molecule is Cc1nc(CSc2nc(C(F)(F)F)ccc2C#N)n[nH]1. The Morgan fingerprint density at radius 3 is 2.65 bits per heavy atom. The second-order valence-electron chi connectivity index (χ2n) is 3.78. The lowest BCUT2D eigenvalue weighted by Gasteiger charge is -2.08. The first-order valence-corrected chi connectivity index (χ1v) is 6.37. The number of nitrogens with zero attached hydrogens (tertiary/aromatic N) is 4. The van der Waals surface area contributed by atoms with Crippen LogP contribution in [0, 0.1) is 18.3 Å². The first-order chi connectivity index (χ1) is 9.40. The van der Waals surface area contributed by atoms with Gasteiger partial charge in [0, 0.05) is 0 Å². The van der Waals surface area contributed by atoms with Crippen LogP contribution < -0.4 is 0 Å². The molecule has 0 amide bonds. The summed E-state index contributed by atoms with van der Waals surface area (Å²) >= 11 is 0.990. The van der Waals surface area contributed by atoms with Gasteiger partial charge in [-0.2, -0.15) is 23.5 Å². The van der Waals surface area contributed by atoms with E-state index in [2.05, 4.69) is 20.2 Å². The minimum absolute atomic E-state index is 0.0183. The van der Waals surface area contributed by atoms with Gasteiger partial charge in [-0.15, -0.1) is 0 Å². The van der Waals surface area contributed by atoms with E-state index in [1.165, 1.54) is 0 Å². The average molecular weight is 299 g/mol. The molecule has 9 heteroatoms. The van der Waals surface area contributed by atoms with E-state index in [0.29, 0.717) is 11.6 Å². The molecule has 0 unspecified atom stereocenters. The molecule has 2 rings (SSSR count). The number of thioether (sulfide) groups is 1. The molecule has 0 fully saturated rings. The van der Waals surface area contributed by atoms with Gasteiger partial charge in [-0.25, -0.2) is 9.97 Å². The molecular formula is C11H8F3N5S. The van der Waals surface area contributed by atoms with Gasteiger partial charge < -0.3 is 0 Å². The van der Waals surface area contributed by atoms with Crippen molar-refractivity contribution in [2.45, 2.75) is 23.9 Å². The number of pyridine rings is 1. The summed E-state index contributed by atoms with van der Waals surface area (Å²) in [6.45, 7) is 1.71. The van der Waals surface area contributed by atoms with Crippen molar-refractivity contribution in [2.24, 2.45) is 0 Å². The normalized spacial score (nSPS) is 11.3. The topological polar surface area (TPSA) is 78.2 Å². The van der Waals surface area contributed by atoms with Crippen LogP contribution in [0.25, 0.3) is 0 Å². The van der Waals surface area contributed by atoms with E-state index in [0.717, 1.165) is 23.9 Å². The van der Waals surface area contributed by atoms with Gasteiger partial charge in [0.05, 0.1) is 11.3 Å². The molecule has 0 aromatic carbocycles. The maximum absolute atomic E-state index is 12.6. The maximum atomic E-state index is 12.6. The molecule has 2 aromatic heterocycles. The van der Waals surface area contributed by atoms with E-state index < -0.39 is 11.9 Å². The van der Waals surface area contributed by atoms with Crippen LogP contribution in [-0.2, 0) is 11.9 Å². The minimum atomic E-state index is -4.54. The molecule has 0 aliphatic rings.